The molecule has 0 aliphatic rings. The highest BCUT2D eigenvalue weighted by molar-refractivity contribution is 9.10. The molecule has 5 heteroatoms. The Labute approximate surface area is 129 Å². The molecule has 1 heterocycles. The van der Waals surface area contributed by atoms with Crippen LogP contribution in [0.3, 0.4) is 0 Å². The third-order valence-electron chi connectivity index (χ3n) is 3.05. The summed E-state index contributed by atoms with van der Waals surface area (Å²) in [5.74, 6) is 0.597. The summed E-state index contributed by atoms with van der Waals surface area (Å²) < 4.78 is 0.827. The van der Waals surface area contributed by atoms with E-state index in [9.17, 15) is 10.4 Å². The zero-order chi connectivity index (χ0) is 14.8. The third-order valence-corrected chi connectivity index (χ3v) is 3.55. The van der Waals surface area contributed by atoms with Gasteiger partial charge in [0.25, 0.3) is 0 Å². The van der Waals surface area contributed by atoms with Crippen LogP contribution >= 0.6 is 15.9 Å². The van der Waals surface area contributed by atoms with Crippen molar-refractivity contribution in [1.29, 1.82) is 5.26 Å². The number of imidazole rings is 1. The Hall–Kier alpha value is -2.58. The first kappa shape index (κ1) is 13.4. The van der Waals surface area contributed by atoms with Gasteiger partial charge >= 0.3 is 0 Å². The number of hydrogen-bond donors (Lipinski definition) is 2. The predicted octanol–water partition coefficient (Wildman–Crippen LogP) is 4.10. The Bertz CT molecular complexity index is 857. The van der Waals surface area contributed by atoms with Crippen LogP contribution in [0.2, 0.25) is 0 Å². The van der Waals surface area contributed by atoms with Crippen LogP contribution in [0.25, 0.3) is 22.7 Å². The van der Waals surface area contributed by atoms with E-state index in [1.165, 1.54) is 0 Å². The lowest BCUT2D eigenvalue weighted by Gasteiger charge is -2.00. The van der Waals surface area contributed by atoms with Crippen LogP contribution in [-0.4, -0.2) is 15.1 Å². The van der Waals surface area contributed by atoms with Gasteiger partial charge in [0.1, 0.15) is 17.6 Å². The first-order valence-corrected chi connectivity index (χ1v) is 7.02. The minimum atomic E-state index is 0.113. The highest BCUT2D eigenvalue weighted by Gasteiger charge is 2.09. The number of aromatic hydroxyl groups is 1. The molecule has 0 saturated carbocycles. The molecule has 1 aromatic heterocycles. The van der Waals surface area contributed by atoms with Crippen molar-refractivity contribution in [3.8, 4) is 11.8 Å². The number of fused-ring (bicyclic) bond motifs is 1. The maximum absolute atomic E-state index is 9.86. The number of rotatable bonds is 2. The molecule has 21 heavy (non-hydrogen) atoms. The van der Waals surface area contributed by atoms with Crippen LogP contribution in [0, 0.1) is 11.3 Å². The number of phenols is 1. The topological polar surface area (TPSA) is 72.7 Å². The van der Waals surface area contributed by atoms with E-state index in [2.05, 4.69) is 32.0 Å². The van der Waals surface area contributed by atoms with E-state index < -0.39 is 0 Å². The second kappa shape index (κ2) is 5.43. The van der Waals surface area contributed by atoms with Gasteiger partial charge < -0.3 is 10.1 Å². The van der Waals surface area contributed by atoms with Crippen LogP contribution < -0.4 is 0 Å². The summed E-state index contributed by atoms with van der Waals surface area (Å²) >= 11 is 3.35. The van der Waals surface area contributed by atoms with Crippen LogP contribution in [0.5, 0.6) is 5.75 Å². The number of H-pyrrole nitrogens is 1. The molecule has 2 aromatic carbocycles. The van der Waals surface area contributed by atoms with Crippen molar-refractivity contribution >= 4 is 38.6 Å². The smallest absolute Gasteiger partial charge is 0.149 e. The lowest BCUT2D eigenvalue weighted by Crippen LogP contribution is -1.85. The lowest BCUT2D eigenvalue weighted by molar-refractivity contribution is 0.474. The standard InChI is InChI=1S/C16H10BrN3O/c17-12-5-6-15(21)10(8-12)7-11(9-18)16-19-13-3-1-2-4-14(13)20-16/h1-8,21H,(H,19,20). The molecular weight excluding hydrogens is 330 g/mol. The van der Waals surface area contributed by atoms with Crippen LogP contribution in [0.4, 0.5) is 0 Å². The van der Waals surface area contributed by atoms with Gasteiger partial charge in [-0.25, -0.2) is 4.98 Å². The summed E-state index contributed by atoms with van der Waals surface area (Å²) in [6.45, 7) is 0. The van der Waals surface area contributed by atoms with Gasteiger partial charge in [0, 0.05) is 10.0 Å². The Balaban J connectivity index is 2.11. The second-order valence-electron chi connectivity index (χ2n) is 4.48. The van der Waals surface area contributed by atoms with Crippen molar-refractivity contribution in [3.63, 3.8) is 0 Å². The highest BCUT2D eigenvalue weighted by atomic mass is 79.9. The molecule has 0 saturated heterocycles. The number of hydrogen-bond acceptors (Lipinski definition) is 3. The van der Waals surface area contributed by atoms with E-state index in [1.807, 2.05) is 24.3 Å². The van der Waals surface area contributed by atoms with E-state index in [0.717, 1.165) is 15.5 Å². The SMILES string of the molecule is N#CC(=Cc1cc(Br)ccc1O)c1nc2ccccc2[nH]1. The number of benzene rings is 2. The molecule has 0 aliphatic heterocycles. The molecule has 0 unspecified atom stereocenters. The van der Waals surface area contributed by atoms with Gasteiger partial charge in [-0.1, -0.05) is 28.1 Å². The minimum absolute atomic E-state index is 0.113. The van der Waals surface area contributed by atoms with Crippen molar-refractivity contribution < 1.29 is 5.11 Å². The molecule has 0 fully saturated rings. The fourth-order valence-corrected chi connectivity index (χ4v) is 2.41. The van der Waals surface area contributed by atoms with Gasteiger partial charge in [0.05, 0.1) is 16.6 Å². The molecule has 102 valence electrons. The van der Waals surface area contributed by atoms with Crippen LogP contribution in [-0.2, 0) is 0 Å². The zero-order valence-corrected chi connectivity index (χ0v) is 12.4. The maximum Gasteiger partial charge on any atom is 0.149 e. The van der Waals surface area contributed by atoms with Crippen LogP contribution in [0.1, 0.15) is 11.4 Å². The first-order valence-electron chi connectivity index (χ1n) is 6.23. The second-order valence-corrected chi connectivity index (χ2v) is 5.39. The van der Waals surface area contributed by atoms with Crippen molar-refractivity contribution in [2.75, 3.05) is 0 Å². The summed E-state index contributed by atoms with van der Waals surface area (Å²) in [6.07, 6.45) is 1.61. The van der Waals surface area contributed by atoms with Gasteiger partial charge in [0.15, 0.2) is 0 Å². The van der Waals surface area contributed by atoms with E-state index in [-0.39, 0.29) is 5.75 Å². The van der Waals surface area contributed by atoms with Crippen molar-refractivity contribution in [2.24, 2.45) is 0 Å². The quantitative estimate of drug-likeness (QED) is 0.690. The number of aromatic nitrogens is 2. The van der Waals surface area contributed by atoms with Crippen LogP contribution in [0.15, 0.2) is 46.9 Å². The normalized spacial score (nSPS) is 11.5. The number of nitriles is 1. The number of nitrogens with zero attached hydrogens (tertiary/aromatic N) is 2. The van der Waals surface area contributed by atoms with Crippen molar-refractivity contribution in [1.82, 2.24) is 9.97 Å². The summed E-state index contributed by atoms with van der Waals surface area (Å²) in [5, 5.41) is 19.2. The largest absolute Gasteiger partial charge is 0.507 e. The number of aromatic amines is 1. The molecule has 3 rings (SSSR count). The van der Waals surface area contributed by atoms with E-state index in [4.69, 9.17) is 0 Å². The fraction of sp³-hybridized carbons (Fsp3) is 0. The van der Waals surface area contributed by atoms with Gasteiger partial charge in [-0.3, -0.25) is 0 Å². The minimum Gasteiger partial charge on any atom is -0.507 e. The van der Waals surface area contributed by atoms with Gasteiger partial charge in [-0.15, -0.1) is 0 Å². The lowest BCUT2D eigenvalue weighted by atomic mass is 10.1. The number of nitrogens with one attached hydrogen (secondary N) is 1. The summed E-state index contributed by atoms with van der Waals surface area (Å²) in [5.41, 5.74) is 2.58. The Morgan fingerprint density at radius 1 is 1.29 bits per heavy atom. The molecule has 3 aromatic rings. The summed E-state index contributed by atoms with van der Waals surface area (Å²) in [4.78, 5) is 7.50. The Kier molecular flexibility index (Phi) is 3.46. The number of para-hydroxylation sites is 2. The van der Waals surface area contributed by atoms with Gasteiger partial charge in [-0.05, 0) is 36.4 Å². The summed E-state index contributed by atoms with van der Waals surface area (Å²) in [7, 11) is 0. The van der Waals surface area contributed by atoms with E-state index in [1.54, 1.807) is 24.3 Å². The third kappa shape index (κ3) is 2.67. The predicted molar refractivity (Wildman–Crippen MR) is 85.4 cm³/mol. The number of halogens is 1. The molecule has 4 nitrogen and oxygen atoms in total. The molecular formula is C16H10BrN3O. The number of phenolic OH excluding ortho intramolecular Hbond substituents is 1. The average molecular weight is 340 g/mol. The molecule has 0 amide bonds. The average Bonchev–Trinajstić information content (AvgIpc) is 2.91. The first-order chi connectivity index (χ1) is 10.2. The molecule has 0 radical (unpaired) electrons. The molecule has 0 bridgehead atoms. The van der Waals surface area contributed by atoms with E-state index >= 15 is 0 Å². The molecule has 0 spiro atoms. The monoisotopic (exact) mass is 339 g/mol. The fourth-order valence-electron chi connectivity index (χ4n) is 2.03. The number of allylic oxidation sites excluding steroid dienone is 1. The summed E-state index contributed by atoms with van der Waals surface area (Å²) in [6, 6.07) is 14.7. The van der Waals surface area contributed by atoms with Crippen molar-refractivity contribution in [2.45, 2.75) is 0 Å². The molecule has 0 aliphatic carbocycles. The molecule has 0 atom stereocenters. The van der Waals surface area contributed by atoms with Crippen molar-refractivity contribution in [3.05, 3.63) is 58.3 Å². The Morgan fingerprint density at radius 2 is 2.10 bits per heavy atom. The Morgan fingerprint density at radius 3 is 2.86 bits per heavy atom. The highest BCUT2D eigenvalue weighted by Crippen LogP contribution is 2.26. The molecule has 2 N–H and O–H groups in total. The van der Waals surface area contributed by atoms with Gasteiger partial charge in [-0.2, -0.15) is 5.26 Å². The van der Waals surface area contributed by atoms with Gasteiger partial charge in [0.2, 0.25) is 0 Å². The zero-order valence-electron chi connectivity index (χ0n) is 10.8. The van der Waals surface area contributed by atoms with E-state index in [0.29, 0.717) is 17.0 Å². The maximum atomic E-state index is 9.86.